The summed E-state index contributed by atoms with van der Waals surface area (Å²) in [7, 11) is 0. The maximum Gasteiger partial charge on any atom is 0.262 e. The lowest BCUT2D eigenvalue weighted by atomic mass is 10.1. The molecule has 6 heteroatoms. The van der Waals surface area contributed by atoms with Crippen molar-refractivity contribution in [3.05, 3.63) is 95.8 Å². The lowest BCUT2D eigenvalue weighted by Gasteiger charge is -2.12. The number of nitrogens with one attached hydrogen (secondary N) is 2. The number of hydrogen-bond acceptors (Lipinski definition) is 3. The molecule has 0 bridgehead atoms. The summed E-state index contributed by atoms with van der Waals surface area (Å²) in [4.78, 5) is 24.7. The second kappa shape index (κ2) is 10.0. The Morgan fingerprint density at radius 2 is 1.55 bits per heavy atom. The summed E-state index contributed by atoms with van der Waals surface area (Å²) in [6, 6.07) is 22.4. The fourth-order valence-corrected chi connectivity index (χ4v) is 2.74. The van der Waals surface area contributed by atoms with E-state index >= 15 is 0 Å². The molecule has 148 valence electrons. The molecule has 0 atom stereocenters. The molecule has 0 aromatic heterocycles. The van der Waals surface area contributed by atoms with E-state index in [9.17, 15) is 14.0 Å². The van der Waals surface area contributed by atoms with Crippen LogP contribution >= 0.6 is 0 Å². The number of para-hydroxylation sites is 2. The minimum absolute atomic E-state index is 0.00501. The number of hydrogen-bond donors (Lipinski definition) is 2. The molecule has 0 heterocycles. The molecule has 0 saturated heterocycles. The van der Waals surface area contributed by atoms with Crippen molar-refractivity contribution in [3.8, 4) is 5.75 Å². The van der Waals surface area contributed by atoms with Gasteiger partial charge in [0.05, 0.1) is 11.3 Å². The molecule has 2 N–H and O–H groups in total. The van der Waals surface area contributed by atoms with Crippen LogP contribution in [0.4, 0.5) is 10.1 Å². The number of benzene rings is 3. The van der Waals surface area contributed by atoms with Gasteiger partial charge < -0.3 is 15.4 Å². The van der Waals surface area contributed by atoms with Gasteiger partial charge in [-0.25, -0.2) is 4.39 Å². The van der Waals surface area contributed by atoms with Crippen molar-refractivity contribution in [1.82, 2.24) is 5.32 Å². The van der Waals surface area contributed by atoms with Gasteiger partial charge in [-0.1, -0.05) is 54.6 Å². The predicted octanol–water partition coefficient (Wildman–Crippen LogP) is 3.82. The molecule has 3 rings (SSSR count). The van der Waals surface area contributed by atoms with Crippen LogP contribution < -0.4 is 15.4 Å². The zero-order valence-electron chi connectivity index (χ0n) is 15.7. The predicted molar refractivity (Wildman–Crippen MR) is 109 cm³/mol. The van der Waals surface area contributed by atoms with Crippen LogP contribution in [0.15, 0.2) is 78.9 Å². The Hall–Kier alpha value is -3.67. The Morgan fingerprint density at radius 1 is 0.862 bits per heavy atom. The summed E-state index contributed by atoms with van der Waals surface area (Å²) in [6.45, 7) is 0.104. The van der Waals surface area contributed by atoms with Crippen molar-refractivity contribution in [2.45, 2.75) is 6.42 Å². The van der Waals surface area contributed by atoms with Crippen molar-refractivity contribution in [2.75, 3.05) is 18.5 Å². The standard InChI is InChI=1S/C23H21FN2O3/c24-19-11-5-7-13-21(19)29-16-22(27)26-20-12-6-4-10-18(20)23(28)25-15-14-17-8-2-1-3-9-17/h1-13H,14-16H2,(H,25,28)(H,26,27). The third kappa shape index (κ3) is 5.90. The van der Waals surface area contributed by atoms with Crippen LogP contribution in [0.1, 0.15) is 15.9 Å². The molecule has 29 heavy (non-hydrogen) atoms. The summed E-state index contributed by atoms with van der Waals surface area (Å²) in [5, 5.41) is 5.50. The van der Waals surface area contributed by atoms with Crippen molar-refractivity contribution in [2.24, 2.45) is 0 Å². The van der Waals surface area contributed by atoms with Gasteiger partial charge >= 0.3 is 0 Å². The molecule has 0 saturated carbocycles. The number of carbonyl (C=O) groups is 2. The Kier molecular flexibility index (Phi) is 6.95. The number of carbonyl (C=O) groups excluding carboxylic acids is 2. The smallest absolute Gasteiger partial charge is 0.262 e. The SMILES string of the molecule is O=C(COc1ccccc1F)Nc1ccccc1C(=O)NCCc1ccccc1. The summed E-state index contributed by atoms with van der Waals surface area (Å²) >= 11 is 0. The number of ether oxygens (including phenoxy) is 1. The topological polar surface area (TPSA) is 67.4 Å². The Labute approximate surface area is 168 Å². The van der Waals surface area contributed by atoms with Crippen LogP contribution in [0.2, 0.25) is 0 Å². The maximum atomic E-state index is 13.6. The zero-order valence-corrected chi connectivity index (χ0v) is 15.7. The quantitative estimate of drug-likeness (QED) is 0.613. The molecular formula is C23H21FN2O3. The van der Waals surface area contributed by atoms with E-state index in [4.69, 9.17) is 4.74 Å². The normalized spacial score (nSPS) is 10.2. The first-order valence-corrected chi connectivity index (χ1v) is 9.22. The van der Waals surface area contributed by atoms with Gasteiger partial charge in [0.15, 0.2) is 18.2 Å². The molecule has 0 radical (unpaired) electrons. The third-order valence-electron chi connectivity index (χ3n) is 4.18. The fourth-order valence-electron chi connectivity index (χ4n) is 2.74. The number of halogens is 1. The zero-order chi connectivity index (χ0) is 20.5. The van der Waals surface area contributed by atoms with E-state index in [1.807, 2.05) is 30.3 Å². The van der Waals surface area contributed by atoms with Crippen LogP contribution in [0.3, 0.4) is 0 Å². The van der Waals surface area contributed by atoms with Gasteiger partial charge in [-0.2, -0.15) is 0 Å². The van der Waals surface area contributed by atoms with Crippen molar-refractivity contribution >= 4 is 17.5 Å². The van der Waals surface area contributed by atoms with Crippen LogP contribution in [-0.4, -0.2) is 25.0 Å². The molecule has 0 aliphatic rings. The summed E-state index contributed by atoms with van der Waals surface area (Å²) in [5.41, 5.74) is 1.84. The Balaban J connectivity index is 1.55. The highest BCUT2D eigenvalue weighted by Gasteiger charge is 2.13. The van der Waals surface area contributed by atoms with E-state index in [1.165, 1.54) is 18.2 Å². The summed E-state index contributed by atoms with van der Waals surface area (Å²) in [6.07, 6.45) is 0.706. The van der Waals surface area contributed by atoms with E-state index in [-0.39, 0.29) is 18.3 Å². The molecule has 0 aliphatic carbocycles. The molecule has 5 nitrogen and oxygen atoms in total. The number of rotatable bonds is 8. The van der Waals surface area contributed by atoms with Crippen molar-refractivity contribution in [1.29, 1.82) is 0 Å². The van der Waals surface area contributed by atoms with E-state index in [0.29, 0.717) is 24.2 Å². The first-order chi connectivity index (χ1) is 14.1. The highest BCUT2D eigenvalue weighted by Crippen LogP contribution is 2.17. The van der Waals surface area contributed by atoms with E-state index < -0.39 is 11.7 Å². The average Bonchev–Trinajstić information content (AvgIpc) is 2.74. The average molecular weight is 392 g/mol. The van der Waals surface area contributed by atoms with Gasteiger partial charge in [0.2, 0.25) is 0 Å². The Morgan fingerprint density at radius 3 is 2.34 bits per heavy atom. The molecule has 3 aromatic carbocycles. The summed E-state index contributed by atoms with van der Waals surface area (Å²) < 4.78 is 18.8. The second-order valence-electron chi connectivity index (χ2n) is 6.30. The molecule has 0 spiro atoms. The molecule has 3 aromatic rings. The first kappa shape index (κ1) is 20.1. The highest BCUT2D eigenvalue weighted by atomic mass is 19.1. The molecule has 0 unspecified atom stereocenters. The molecule has 2 amide bonds. The van der Waals surface area contributed by atoms with Crippen molar-refractivity contribution in [3.63, 3.8) is 0 Å². The first-order valence-electron chi connectivity index (χ1n) is 9.22. The monoisotopic (exact) mass is 392 g/mol. The molecule has 0 fully saturated rings. The Bertz CT molecular complexity index is 977. The van der Waals surface area contributed by atoms with Crippen LogP contribution in [0.25, 0.3) is 0 Å². The fraction of sp³-hybridized carbons (Fsp3) is 0.130. The van der Waals surface area contributed by atoms with E-state index in [2.05, 4.69) is 10.6 Å². The largest absolute Gasteiger partial charge is 0.481 e. The van der Waals surface area contributed by atoms with E-state index in [1.54, 1.807) is 30.3 Å². The second-order valence-corrected chi connectivity index (χ2v) is 6.30. The van der Waals surface area contributed by atoms with Crippen LogP contribution in [0.5, 0.6) is 5.75 Å². The summed E-state index contributed by atoms with van der Waals surface area (Å²) in [5.74, 6) is -1.32. The van der Waals surface area contributed by atoms with Gasteiger partial charge in [-0.15, -0.1) is 0 Å². The van der Waals surface area contributed by atoms with Crippen molar-refractivity contribution < 1.29 is 18.7 Å². The third-order valence-corrected chi connectivity index (χ3v) is 4.18. The minimum atomic E-state index is -0.543. The van der Waals surface area contributed by atoms with Gasteiger partial charge in [0, 0.05) is 6.54 Å². The molecule has 0 aliphatic heterocycles. The van der Waals surface area contributed by atoms with Gasteiger partial charge in [-0.3, -0.25) is 9.59 Å². The van der Waals surface area contributed by atoms with Gasteiger partial charge in [0.1, 0.15) is 0 Å². The lowest BCUT2D eigenvalue weighted by molar-refractivity contribution is -0.118. The van der Waals surface area contributed by atoms with Crippen LogP contribution in [0, 0.1) is 5.82 Å². The highest BCUT2D eigenvalue weighted by molar-refractivity contribution is 6.04. The van der Waals surface area contributed by atoms with Crippen LogP contribution in [-0.2, 0) is 11.2 Å². The van der Waals surface area contributed by atoms with E-state index in [0.717, 1.165) is 5.56 Å². The van der Waals surface area contributed by atoms with Gasteiger partial charge in [0.25, 0.3) is 11.8 Å². The number of amides is 2. The molecular weight excluding hydrogens is 371 g/mol. The minimum Gasteiger partial charge on any atom is -0.481 e. The lowest BCUT2D eigenvalue weighted by Crippen LogP contribution is -2.28. The van der Waals surface area contributed by atoms with Gasteiger partial charge in [-0.05, 0) is 36.2 Å². The maximum absolute atomic E-state index is 13.6. The number of anilines is 1.